The minimum Gasteiger partial charge on any atom is -0.482 e. The van der Waals surface area contributed by atoms with Crippen molar-refractivity contribution >= 4 is 38.9 Å². The quantitative estimate of drug-likeness (QED) is 0.407. The first-order valence-electron chi connectivity index (χ1n) is 10.9. The Morgan fingerprint density at radius 1 is 1.12 bits per heavy atom. The topological polar surface area (TPSA) is 81.5 Å². The zero-order valence-corrected chi connectivity index (χ0v) is 20.1. The van der Waals surface area contributed by atoms with Gasteiger partial charge in [-0.2, -0.15) is 0 Å². The van der Waals surface area contributed by atoms with Gasteiger partial charge in [0.1, 0.15) is 10.6 Å². The van der Waals surface area contributed by atoms with E-state index in [-0.39, 0.29) is 23.9 Å². The molecule has 3 heterocycles. The lowest BCUT2D eigenvalue weighted by molar-refractivity contribution is -0.120. The molecule has 172 valence electrons. The van der Waals surface area contributed by atoms with E-state index >= 15 is 0 Å². The van der Waals surface area contributed by atoms with Gasteiger partial charge in [-0.15, -0.1) is 11.3 Å². The second-order valence-electron chi connectivity index (χ2n) is 8.50. The third kappa shape index (κ3) is 3.51. The molecule has 1 atom stereocenters. The number of thiophene rings is 1. The van der Waals surface area contributed by atoms with Crippen LogP contribution in [0.15, 0.2) is 53.6 Å². The van der Waals surface area contributed by atoms with Crippen molar-refractivity contribution in [3.63, 3.8) is 0 Å². The molecule has 0 radical (unpaired) electrons. The molecule has 0 saturated carbocycles. The number of likely N-dealkylation sites (N-methyl/N-ethyl adjacent to an activating group) is 1. The van der Waals surface area contributed by atoms with Crippen molar-refractivity contribution in [3.8, 4) is 16.9 Å². The number of rotatable bonds is 4. The second-order valence-corrected chi connectivity index (χ2v) is 9.70. The third-order valence-electron chi connectivity index (χ3n) is 6.28. The van der Waals surface area contributed by atoms with Crippen molar-refractivity contribution in [2.45, 2.75) is 26.8 Å². The van der Waals surface area contributed by atoms with Crippen LogP contribution in [0.25, 0.3) is 21.3 Å². The van der Waals surface area contributed by atoms with E-state index in [1.807, 2.05) is 38.1 Å². The van der Waals surface area contributed by atoms with Crippen molar-refractivity contribution < 1.29 is 14.3 Å². The minimum atomic E-state index is -0.779. The van der Waals surface area contributed by atoms with Crippen molar-refractivity contribution in [2.75, 3.05) is 18.6 Å². The van der Waals surface area contributed by atoms with Gasteiger partial charge in [-0.25, -0.2) is 4.98 Å². The van der Waals surface area contributed by atoms with Crippen LogP contribution in [0.2, 0.25) is 0 Å². The van der Waals surface area contributed by atoms with E-state index in [1.165, 1.54) is 27.1 Å². The molecular weight excluding hydrogens is 450 g/mol. The molecule has 1 unspecified atom stereocenters. The smallest absolute Gasteiger partial charge is 0.264 e. The average Bonchev–Trinajstić information content (AvgIpc) is 3.18. The van der Waals surface area contributed by atoms with E-state index in [9.17, 15) is 14.4 Å². The summed E-state index contributed by atoms with van der Waals surface area (Å²) in [7, 11) is 1.65. The number of Topliss-reactive ketones (excluding diaryl/α,β-unsaturated/α-hetero) is 1. The number of fused-ring (bicyclic) bond motifs is 2. The number of amides is 1. The fraction of sp³-hybridized carbons (Fsp3) is 0.231. The Hall–Kier alpha value is -3.78. The van der Waals surface area contributed by atoms with Crippen molar-refractivity contribution in [1.82, 2.24) is 9.55 Å². The van der Waals surface area contributed by atoms with Crippen LogP contribution in [0.5, 0.6) is 5.75 Å². The van der Waals surface area contributed by atoms with E-state index in [4.69, 9.17) is 4.74 Å². The van der Waals surface area contributed by atoms with Gasteiger partial charge in [0.05, 0.1) is 23.4 Å². The highest BCUT2D eigenvalue weighted by Gasteiger charge is 2.26. The molecule has 1 aliphatic heterocycles. The first kappa shape index (κ1) is 22.0. The van der Waals surface area contributed by atoms with Crippen LogP contribution < -0.4 is 15.2 Å². The van der Waals surface area contributed by atoms with E-state index < -0.39 is 6.04 Å². The molecular formula is C26H23N3O4S. The Kier molecular flexibility index (Phi) is 5.32. The highest BCUT2D eigenvalue weighted by Crippen LogP contribution is 2.36. The lowest BCUT2D eigenvalue weighted by atomic mass is 10.0. The van der Waals surface area contributed by atoms with Crippen LogP contribution in [0.4, 0.5) is 5.69 Å². The molecule has 2 aromatic heterocycles. The highest BCUT2D eigenvalue weighted by atomic mass is 32.1. The van der Waals surface area contributed by atoms with E-state index in [2.05, 4.69) is 4.98 Å². The summed E-state index contributed by atoms with van der Waals surface area (Å²) >= 11 is 1.47. The lowest BCUT2D eigenvalue weighted by Crippen LogP contribution is -2.35. The maximum atomic E-state index is 13.6. The van der Waals surface area contributed by atoms with Gasteiger partial charge in [0.25, 0.3) is 11.5 Å². The molecule has 34 heavy (non-hydrogen) atoms. The van der Waals surface area contributed by atoms with Crippen molar-refractivity contribution in [1.29, 1.82) is 0 Å². The molecule has 0 spiro atoms. The monoisotopic (exact) mass is 473 g/mol. The number of ether oxygens (including phenoxy) is 1. The molecule has 4 aromatic rings. The molecule has 0 bridgehead atoms. The van der Waals surface area contributed by atoms with Gasteiger partial charge in [-0.05, 0) is 44.5 Å². The Bertz CT molecular complexity index is 1520. The minimum absolute atomic E-state index is 0.0301. The third-order valence-corrected chi connectivity index (χ3v) is 7.29. The lowest BCUT2D eigenvalue weighted by Gasteiger charge is -2.26. The predicted molar refractivity (Wildman–Crippen MR) is 133 cm³/mol. The Morgan fingerprint density at radius 2 is 1.85 bits per heavy atom. The van der Waals surface area contributed by atoms with Gasteiger partial charge in [-0.3, -0.25) is 19.0 Å². The molecule has 0 aliphatic carbocycles. The Labute approximate surface area is 200 Å². The van der Waals surface area contributed by atoms with Crippen molar-refractivity contribution in [3.05, 3.63) is 75.1 Å². The molecule has 7 nitrogen and oxygen atoms in total. The summed E-state index contributed by atoms with van der Waals surface area (Å²) in [6, 6.07) is 12.2. The van der Waals surface area contributed by atoms with Crippen LogP contribution >= 0.6 is 11.3 Å². The molecule has 8 heteroatoms. The van der Waals surface area contributed by atoms with Crippen molar-refractivity contribution in [2.24, 2.45) is 0 Å². The number of anilines is 1. The summed E-state index contributed by atoms with van der Waals surface area (Å²) in [5.74, 6) is 0.108. The van der Waals surface area contributed by atoms with Crippen LogP contribution in [0, 0.1) is 13.8 Å². The zero-order chi connectivity index (χ0) is 24.1. The summed E-state index contributed by atoms with van der Waals surface area (Å²) in [6.07, 6.45) is 1.44. The number of nitrogens with zero attached hydrogens (tertiary/aromatic N) is 3. The first-order chi connectivity index (χ1) is 16.3. The molecule has 0 saturated heterocycles. The van der Waals surface area contributed by atoms with Gasteiger partial charge in [-0.1, -0.05) is 29.8 Å². The van der Waals surface area contributed by atoms with E-state index in [0.29, 0.717) is 27.2 Å². The number of aryl methyl sites for hydroxylation is 2. The summed E-state index contributed by atoms with van der Waals surface area (Å²) in [4.78, 5) is 46.6. The van der Waals surface area contributed by atoms with Gasteiger partial charge < -0.3 is 9.64 Å². The average molecular weight is 474 g/mol. The molecule has 2 aromatic carbocycles. The highest BCUT2D eigenvalue weighted by molar-refractivity contribution is 7.19. The van der Waals surface area contributed by atoms with Gasteiger partial charge >= 0.3 is 0 Å². The standard InChI is InChI=1S/C26H23N3O4S/c1-14-5-7-17(8-6-14)22-16(3)34-25-23(22)26(32)29(13-27-25)15(2)24(31)18-9-10-20-19(11-18)28(4)21(30)12-33-20/h5-11,13,15H,12H2,1-4H3. The summed E-state index contributed by atoms with van der Waals surface area (Å²) < 4.78 is 6.84. The van der Waals surface area contributed by atoms with Crippen LogP contribution in [0.3, 0.4) is 0 Å². The SMILES string of the molecule is Cc1ccc(-c2c(C)sc3ncn(C(C)C(=O)c4ccc5c(c4)N(C)C(=O)CO5)c(=O)c23)cc1. The summed E-state index contributed by atoms with van der Waals surface area (Å²) in [5, 5.41) is 0.526. The molecule has 1 amide bonds. The number of aromatic nitrogens is 2. The first-order valence-corrected chi connectivity index (χ1v) is 11.7. The Balaban J connectivity index is 1.57. The zero-order valence-electron chi connectivity index (χ0n) is 19.3. The number of carbonyl (C=O) groups excluding carboxylic acids is 2. The number of benzene rings is 2. The molecule has 5 rings (SSSR count). The maximum absolute atomic E-state index is 13.6. The fourth-order valence-corrected chi connectivity index (χ4v) is 5.26. The van der Waals surface area contributed by atoms with Gasteiger partial charge in [0.15, 0.2) is 12.4 Å². The summed E-state index contributed by atoms with van der Waals surface area (Å²) in [5.41, 5.74) is 3.62. The van der Waals surface area contributed by atoms with E-state index in [0.717, 1.165) is 21.6 Å². The second kappa shape index (κ2) is 8.22. The predicted octanol–water partition coefficient (Wildman–Crippen LogP) is 4.54. The van der Waals surface area contributed by atoms with Crippen LogP contribution in [-0.2, 0) is 4.79 Å². The van der Waals surface area contributed by atoms with E-state index in [1.54, 1.807) is 32.2 Å². The molecule has 1 aliphatic rings. The van der Waals surface area contributed by atoms with Crippen LogP contribution in [-0.4, -0.2) is 34.9 Å². The molecule has 0 N–H and O–H groups in total. The summed E-state index contributed by atoms with van der Waals surface area (Å²) in [6.45, 7) is 5.65. The van der Waals surface area contributed by atoms with Crippen LogP contribution in [0.1, 0.15) is 33.8 Å². The number of ketones is 1. The molecule has 0 fully saturated rings. The normalized spacial score (nSPS) is 14.1. The van der Waals surface area contributed by atoms with Gasteiger partial charge in [0.2, 0.25) is 0 Å². The number of carbonyl (C=O) groups is 2. The van der Waals surface area contributed by atoms with Gasteiger partial charge in [0, 0.05) is 23.1 Å². The fourth-order valence-electron chi connectivity index (χ4n) is 4.25. The number of hydrogen-bond acceptors (Lipinski definition) is 6. The Morgan fingerprint density at radius 3 is 2.59 bits per heavy atom. The largest absolute Gasteiger partial charge is 0.482 e. The maximum Gasteiger partial charge on any atom is 0.264 e. The number of hydrogen-bond donors (Lipinski definition) is 0.